The van der Waals surface area contributed by atoms with E-state index in [1.165, 1.54) is 0 Å². The zero-order valence-electron chi connectivity index (χ0n) is 14.4. The van der Waals surface area contributed by atoms with Gasteiger partial charge in [0.05, 0.1) is 5.39 Å². The van der Waals surface area contributed by atoms with Gasteiger partial charge in [-0.2, -0.15) is 0 Å². The van der Waals surface area contributed by atoms with E-state index in [0.717, 1.165) is 12.5 Å². The SMILES string of the molecule is C[C@@H]1C[C@@H](C)CN(C(=O)COC(=O)c2cc(=O)c3ccccc3o2)C1. The number of nitrogens with zero attached hydrogens (tertiary/aromatic N) is 1. The van der Waals surface area contributed by atoms with Crippen molar-refractivity contribution in [2.45, 2.75) is 20.3 Å². The molecule has 1 fully saturated rings. The van der Waals surface area contributed by atoms with Crippen molar-refractivity contribution in [1.29, 1.82) is 0 Å². The maximum Gasteiger partial charge on any atom is 0.374 e. The molecule has 0 radical (unpaired) electrons. The van der Waals surface area contributed by atoms with Crippen LogP contribution in [0.15, 0.2) is 39.5 Å². The predicted molar refractivity (Wildman–Crippen MR) is 92.3 cm³/mol. The molecule has 1 saturated heterocycles. The Morgan fingerprint density at radius 1 is 1.20 bits per heavy atom. The van der Waals surface area contributed by atoms with E-state index in [9.17, 15) is 14.4 Å². The molecule has 132 valence electrons. The molecule has 0 saturated carbocycles. The Hall–Kier alpha value is -2.63. The molecule has 1 aromatic carbocycles. The fraction of sp³-hybridized carbons (Fsp3) is 0.421. The van der Waals surface area contributed by atoms with Gasteiger partial charge in [0.15, 0.2) is 12.0 Å². The van der Waals surface area contributed by atoms with Crippen LogP contribution in [-0.4, -0.2) is 36.5 Å². The first-order valence-electron chi connectivity index (χ1n) is 8.42. The number of rotatable bonds is 3. The van der Waals surface area contributed by atoms with Crippen molar-refractivity contribution < 1.29 is 18.7 Å². The fourth-order valence-corrected chi connectivity index (χ4v) is 3.36. The van der Waals surface area contributed by atoms with Crippen LogP contribution in [0, 0.1) is 11.8 Å². The number of esters is 1. The monoisotopic (exact) mass is 343 g/mol. The molecule has 2 heterocycles. The average Bonchev–Trinajstić information content (AvgIpc) is 2.58. The number of carbonyl (C=O) groups is 2. The summed E-state index contributed by atoms with van der Waals surface area (Å²) in [5.74, 6) is -0.370. The van der Waals surface area contributed by atoms with E-state index in [4.69, 9.17) is 9.15 Å². The number of likely N-dealkylation sites (tertiary alicyclic amines) is 1. The van der Waals surface area contributed by atoms with Gasteiger partial charge in [0.25, 0.3) is 5.91 Å². The highest BCUT2D eigenvalue weighted by atomic mass is 16.5. The van der Waals surface area contributed by atoms with Gasteiger partial charge in [0.1, 0.15) is 5.58 Å². The number of piperidine rings is 1. The molecule has 2 atom stereocenters. The second kappa shape index (κ2) is 7.09. The molecule has 6 heteroatoms. The Labute approximate surface area is 145 Å². The standard InChI is InChI=1S/C19H21NO5/c1-12-7-13(2)10-20(9-12)18(22)11-24-19(23)17-8-15(21)14-5-3-4-6-16(14)25-17/h3-6,8,12-13H,7,9-11H2,1-2H3/t12-,13-/m1/s1. The van der Waals surface area contributed by atoms with Gasteiger partial charge in [-0.25, -0.2) is 4.79 Å². The summed E-state index contributed by atoms with van der Waals surface area (Å²) in [6.07, 6.45) is 1.09. The number of hydrogen-bond donors (Lipinski definition) is 0. The molecule has 1 aromatic heterocycles. The zero-order valence-corrected chi connectivity index (χ0v) is 14.4. The van der Waals surface area contributed by atoms with Crippen LogP contribution in [0.1, 0.15) is 30.8 Å². The second-order valence-corrected chi connectivity index (χ2v) is 6.79. The lowest BCUT2D eigenvalue weighted by molar-refractivity contribution is -0.137. The fourth-order valence-electron chi connectivity index (χ4n) is 3.36. The van der Waals surface area contributed by atoms with Crippen molar-refractivity contribution in [3.05, 3.63) is 46.3 Å². The molecule has 0 bridgehead atoms. The summed E-state index contributed by atoms with van der Waals surface area (Å²) in [5.41, 5.74) is -0.00855. The first-order chi connectivity index (χ1) is 11.9. The van der Waals surface area contributed by atoms with Gasteiger partial charge in [-0.15, -0.1) is 0 Å². The molecular formula is C19H21NO5. The smallest absolute Gasteiger partial charge is 0.374 e. The number of carbonyl (C=O) groups excluding carboxylic acids is 2. The van der Waals surface area contributed by atoms with Crippen LogP contribution < -0.4 is 5.43 Å². The van der Waals surface area contributed by atoms with Gasteiger partial charge in [-0.05, 0) is 30.4 Å². The number of fused-ring (bicyclic) bond motifs is 1. The molecule has 1 aliphatic rings. The molecular weight excluding hydrogens is 322 g/mol. The summed E-state index contributed by atoms with van der Waals surface area (Å²) < 4.78 is 10.5. The van der Waals surface area contributed by atoms with Crippen molar-refractivity contribution in [3.63, 3.8) is 0 Å². The van der Waals surface area contributed by atoms with E-state index in [1.807, 2.05) is 0 Å². The molecule has 2 aromatic rings. The van der Waals surface area contributed by atoms with Crippen LogP contribution in [-0.2, 0) is 9.53 Å². The summed E-state index contributed by atoms with van der Waals surface area (Å²) in [6.45, 7) is 5.20. The lowest BCUT2D eigenvalue weighted by Gasteiger charge is -2.34. The first-order valence-corrected chi connectivity index (χ1v) is 8.42. The second-order valence-electron chi connectivity index (χ2n) is 6.79. The van der Waals surface area contributed by atoms with Gasteiger partial charge in [-0.3, -0.25) is 9.59 Å². The molecule has 1 aliphatic heterocycles. The highest BCUT2D eigenvalue weighted by Crippen LogP contribution is 2.21. The van der Waals surface area contributed by atoms with E-state index in [1.54, 1.807) is 29.2 Å². The summed E-state index contributed by atoms with van der Waals surface area (Å²) in [7, 11) is 0. The minimum absolute atomic E-state index is 0.197. The van der Waals surface area contributed by atoms with Gasteiger partial charge < -0.3 is 14.1 Å². The number of para-hydroxylation sites is 1. The van der Waals surface area contributed by atoms with E-state index >= 15 is 0 Å². The molecule has 0 unspecified atom stereocenters. The Kier molecular flexibility index (Phi) is 4.88. The van der Waals surface area contributed by atoms with Crippen LogP contribution in [0.4, 0.5) is 0 Å². The van der Waals surface area contributed by atoms with Gasteiger partial charge in [-0.1, -0.05) is 26.0 Å². The Morgan fingerprint density at radius 2 is 1.88 bits per heavy atom. The molecule has 3 rings (SSSR count). The quantitative estimate of drug-likeness (QED) is 0.800. The zero-order chi connectivity index (χ0) is 18.0. The normalized spacial score (nSPS) is 20.5. The molecule has 6 nitrogen and oxygen atoms in total. The topological polar surface area (TPSA) is 76.8 Å². The van der Waals surface area contributed by atoms with Crippen LogP contribution in [0.25, 0.3) is 11.0 Å². The third kappa shape index (κ3) is 3.90. The van der Waals surface area contributed by atoms with Crippen molar-refractivity contribution in [2.75, 3.05) is 19.7 Å². The Balaban J connectivity index is 1.66. The minimum Gasteiger partial charge on any atom is -0.450 e. The molecule has 0 aliphatic carbocycles. The molecule has 0 spiro atoms. The Morgan fingerprint density at radius 3 is 2.60 bits per heavy atom. The maximum absolute atomic E-state index is 12.3. The minimum atomic E-state index is -0.811. The van der Waals surface area contributed by atoms with E-state index in [2.05, 4.69) is 13.8 Å². The predicted octanol–water partition coefficient (Wildman–Crippen LogP) is 2.45. The van der Waals surface area contributed by atoms with Crippen LogP contribution in [0.5, 0.6) is 0 Å². The number of amides is 1. The number of ether oxygens (including phenoxy) is 1. The molecule has 0 N–H and O–H groups in total. The highest BCUT2D eigenvalue weighted by molar-refractivity contribution is 5.90. The van der Waals surface area contributed by atoms with E-state index in [0.29, 0.717) is 35.9 Å². The number of hydrogen-bond acceptors (Lipinski definition) is 5. The van der Waals surface area contributed by atoms with Crippen molar-refractivity contribution >= 4 is 22.8 Å². The summed E-state index contributed by atoms with van der Waals surface area (Å²) in [6, 6.07) is 7.76. The first kappa shape index (κ1) is 17.2. The maximum atomic E-state index is 12.3. The summed E-state index contributed by atoms with van der Waals surface area (Å²) >= 11 is 0. The molecule has 25 heavy (non-hydrogen) atoms. The Bertz CT molecular complexity index is 846. The largest absolute Gasteiger partial charge is 0.450 e. The lowest BCUT2D eigenvalue weighted by Crippen LogP contribution is -2.44. The summed E-state index contributed by atoms with van der Waals surface area (Å²) in [5, 5.41) is 0.395. The van der Waals surface area contributed by atoms with Crippen LogP contribution in [0.2, 0.25) is 0 Å². The average molecular weight is 343 g/mol. The van der Waals surface area contributed by atoms with Gasteiger partial charge in [0.2, 0.25) is 5.76 Å². The third-order valence-corrected chi connectivity index (χ3v) is 4.38. The number of benzene rings is 1. The van der Waals surface area contributed by atoms with E-state index < -0.39 is 5.97 Å². The van der Waals surface area contributed by atoms with Gasteiger partial charge in [0, 0.05) is 19.2 Å². The third-order valence-electron chi connectivity index (χ3n) is 4.38. The summed E-state index contributed by atoms with van der Waals surface area (Å²) in [4.78, 5) is 38.1. The van der Waals surface area contributed by atoms with Crippen LogP contribution >= 0.6 is 0 Å². The van der Waals surface area contributed by atoms with Gasteiger partial charge >= 0.3 is 5.97 Å². The van der Waals surface area contributed by atoms with Crippen LogP contribution in [0.3, 0.4) is 0 Å². The molecule has 1 amide bonds. The van der Waals surface area contributed by atoms with Crippen molar-refractivity contribution in [3.8, 4) is 0 Å². The van der Waals surface area contributed by atoms with Crippen molar-refractivity contribution in [2.24, 2.45) is 11.8 Å². The lowest BCUT2D eigenvalue weighted by atomic mass is 9.92. The van der Waals surface area contributed by atoms with E-state index in [-0.39, 0.29) is 23.7 Å². The van der Waals surface area contributed by atoms with Crippen molar-refractivity contribution in [1.82, 2.24) is 4.90 Å². The highest BCUT2D eigenvalue weighted by Gasteiger charge is 2.26.